The zero-order chi connectivity index (χ0) is 14.6. The Morgan fingerprint density at radius 1 is 1.26 bits per heavy atom. The van der Waals surface area contributed by atoms with Crippen LogP contribution < -0.4 is 14.5 Å². The van der Waals surface area contributed by atoms with Crippen molar-refractivity contribution in [3.8, 4) is 5.75 Å². The molecule has 0 aliphatic heterocycles. The van der Waals surface area contributed by atoms with E-state index in [2.05, 4.69) is 5.32 Å². The van der Waals surface area contributed by atoms with Crippen LogP contribution in [0.15, 0.2) is 18.2 Å². The predicted octanol–water partition coefficient (Wildman–Crippen LogP) is 1.81. The molecule has 0 aliphatic rings. The Balaban J connectivity index is 2.99. The quantitative estimate of drug-likeness (QED) is 0.652. The number of methoxy groups -OCH3 is 1. The summed E-state index contributed by atoms with van der Waals surface area (Å²) in [6.45, 7) is 1.39. The fourth-order valence-electron chi connectivity index (χ4n) is 1.72. The maximum Gasteiger partial charge on any atom is 0.231 e. The van der Waals surface area contributed by atoms with E-state index < -0.39 is 0 Å². The summed E-state index contributed by atoms with van der Waals surface area (Å²) in [6, 6.07) is 5.43. The number of hydrogen-bond donors (Lipinski definition) is 1. The largest absolute Gasteiger partial charge is 0.491 e. The summed E-state index contributed by atoms with van der Waals surface area (Å²) >= 11 is 0. The zero-order valence-electron chi connectivity index (χ0n) is 12.1. The molecule has 5 nitrogen and oxygen atoms in total. The number of nitrogens with zero attached hydrogens (tertiary/aromatic N) is 1. The standard InChI is InChI=1S/C14H20N2O3/c1-10(17)8-14(18)15-11-6-7-13(19-5)12(9-11)16(2,3)4/h6-7,9H,8H2,1-5H3/p+1. The van der Waals surface area contributed by atoms with Gasteiger partial charge in [-0.15, -0.1) is 0 Å². The Bertz CT molecular complexity index is 490. The molecule has 104 valence electrons. The molecule has 0 heterocycles. The second-order valence-electron chi connectivity index (χ2n) is 5.33. The van der Waals surface area contributed by atoms with Crippen LogP contribution in [0.2, 0.25) is 0 Å². The van der Waals surface area contributed by atoms with Gasteiger partial charge in [0, 0.05) is 11.8 Å². The van der Waals surface area contributed by atoms with Crippen molar-refractivity contribution in [2.45, 2.75) is 13.3 Å². The van der Waals surface area contributed by atoms with E-state index in [9.17, 15) is 9.59 Å². The van der Waals surface area contributed by atoms with Crippen LogP contribution in [0.5, 0.6) is 5.75 Å². The third-order valence-electron chi connectivity index (χ3n) is 2.59. The van der Waals surface area contributed by atoms with Crippen LogP contribution in [-0.2, 0) is 9.59 Å². The minimum Gasteiger partial charge on any atom is -0.491 e. The molecule has 1 N–H and O–H groups in total. The van der Waals surface area contributed by atoms with Crippen molar-refractivity contribution in [2.75, 3.05) is 33.6 Å². The molecular formula is C14H21N2O3+. The first-order valence-electron chi connectivity index (χ1n) is 6.03. The van der Waals surface area contributed by atoms with E-state index in [1.54, 1.807) is 13.2 Å². The van der Waals surface area contributed by atoms with Crippen LogP contribution in [0.1, 0.15) is 13.3 Å². The Labute approximate surface area is 113 Å². The molecule has 0 saturated heterocycles. The van der Waals surface area contributed by atoms with Crippen molar-refractivity contribution in [1.82, 2.24) is 4.48 Å². The van der Waals surface area contributed by atoms with E-state index in [0.29, 0.717) is 10.2 Å². The first-order valence-corrected chi connectivity index (χ1v) is 6.03. The number of rotatable bonds is 5. The van der Waals surface area contributed by atoms with Gasteiger partial charge >= 0.3 is 0 Å². The number of Topliss-reactive ketones (excluding diaryl/α,β-unsaturated/α-hetero) is 1. The topological polar surface area (TPSA) is 55.4 Å². The molecule has 0 saturated carbocycles. The van der Waals surface area contributed by atoms with Gasteiger partial charge in [-0.1, -0.05) is 0 Å². The minimum absolute atomic E-state index is 0.105. The lowest BCUT2D eigenvalue weighted by atomic mass is 10.2. The highest BCUT2D eigenvalue weighted by Crippen LogP contribution is 2.32. The maximum absolute atomic E-state index is 11.6. The molecule has 0 atom stereocenters. The van der Waals surface area contributed by atoms with Gasteiger partial charge in [-0.3, -0.25) is 14.1 Å². The van der Waals surface area contributed by atoms with E-state index in [1.807, 2.05) is 33.3 Å². The van der Waals surface area contributed by atoms with Gasteiger partial charge < -0.3 is 10.1 Å². The molecule has 5 heteroatoms. The number of carbonyl (C=O) groups is 2. The summed E-state index contributed by atoms with van der Waals surface area (Å²) < 4.78 is 5.88. The van der Waals surface area contributed by atoms with Crippen molar-refractivity contribution in [2.24, 2.45) is 0 Å². The highest BCUT2D eigenvalue weighted by Gasteiger charge is 2.19. The molecule has 0 unspecified atom stereocenters. The van der Waals surface area contributed by atoms with Gasteiger partial charge in [0.25, 0.3) is 0 Å². The molecule has 1 amide bonds. The van der Waals surface area contributed by atoms with E-state index >= 15 is 0 Å². The van der Waals surface area contributed by atoms with Crippen LogP contribution in [-0.4, -0.2) is 39.9 Å². The minimum atomic E-state index is -0.301. The number of ketones is 1. The van der Waals surface area contributed by atoms with Crippen molar-refractivity contribution in [3.05, 3.63) is 18.2 Å². The average Bonchev–Trinajstić information content (AvgIpc) is 2.26. The molecule has 0 aliphatic carbocycles. The summed E-state index contributed by atoms with van der Waals surface area (Å²) in [7, 11) is 7.65. The third kappa shape index (κ3) is 4.37. The first kappa shape index (κ1) is 15.2. The van der Waals surface area contributed by atoms with E-state index in [4.69, 9.17) is 4.74 Å². The van der Waals surface area contributed by atoms with Crippen molar-refractivity contribution < 1.29 is 14.3 Å². The van der Waals surface area contributed by atoms with E-state index in [0.717, 1.165) is 11.4 Å². The van der Waals surface area contributed by atoms with Gasteiger partial charge in [-0.2, -0.15) is 0 Å². The molecule has 0 bridgehead atoms. The number of hydrogen-bond acceptors (Lipinski definition) is 3. The average molecular weight is 265 g/mol. The van der Waals surface area contributed by atoms with Crippen molar-refractivity contribution in [3.63, 3.8) is 0 Å². The Hall–Kier alpha value is -1.88. The number of anilines is 1. The van der Waals surface area contributed by atoms with Gasteiger partial charge in [-0.25, -0.2) is 0 Å². The van der Waals surface area contributed by atoms with Gasteiger partial charge in [0.05, 0.1) is 34.7 Å². The summed E-state index contributed by atoms with van der Waals surface area (Å²) in [5.41, 5.74) is 1.61. The monoisotopic (exact) mass is 265 g/mol. The molecule has 19 heavy (non-hydrogen) atoms. The maximum atomic E-state index is 11.6. The normalized spacial score (nSPS) is 11.0. The first-order chi connectivity index (χ1) is 8.74. The number of quaternary nitrogens is 1. The molecule has 0 spiro atoms. The molecule has 0 aromatic heterocycles. The lowest BCUT2D eigenvalue weighted by Gasteiger charge is -2.25. The lowest BCUT2D eigenvalue weighted by Crippen LogP contribution is -2.35. The van der Waals surface area contributed by atoms with Crippen LogP contribution in [0.25, 0.3) is 0 Å². The van der Waals surface area contributed by atoms with Gasteiger partial charge in [0.15, 0.2) is 11.4 Å². The van der Waals surface area contributed by atoms with Crippen molar-refractivity contribution >= 4 is 23.1 Å². The van der Waals surface area contributed by atoms with Crippen molar-refractivity contribution in [1.29, 1.82) is 0 Å². The highest BCUT2D eigenvalue weighted by molar-refractivity contribution is 6.03. The van der Waals surface area contributed by atoms with Crippen LogP contribution in [0.4, 0.5) is 11.4 Å². The number of nitrogens with one attached hydrogen (secondary N) is 1. The summed E-state index contributed by atoms with van der Waals surface area (Å²) in [5, 5.41) is 2.71. The number of carbonyl (C=O) groups excluding carboxylic acids is 2. The molecular weight excluding hydrogens is 244 g/mol. The third-order valence-corrected chi connectivity index (χ3v) is 2.59. The molecule has 0 radical (unpaired) electrons. The van der Waals surface area contributed by atoms with Crippen LogP contribution in [0, 0.1) is 0 Å². The van der Waals surface area contributed by atoms with Crippen LogP contribution >= 0.6 is 0 Å². The van der Waals surface area contributed by atoms with Crippen LogP contribution in [0.3, 0.4) is 0 Å². The van der Waals surface area contributed by atoms with Gasteiger partial charge in [-0.05, 0) is 19.1 Å². The second-order valence-corrected chi connectivity index (χ2v) is 5.33. The molecule has 0 fully saturated rings. The van der Waals surface area contributed by atoms with E-state index in [-0.39, 0.29) is 18.1 Å². The van der Waals surface area contributed by atoms with Gasteiger partial charge in [0.2, 0.25) is 5.91 Å². The molecule has 1 rings (SSSR count). The fourth-order valence-corrected chi connectivity index (χ4v) is 1.72. The lowest BCUT2D eigenvalue weighted by molar-refractivity contribution is -0.124. The number of amides is 1. The highest BCUT2D eigenvalue weighted by atomic mass is 16.5. The fraction of sp³-hybridized carbons (Fsp3) is 0.429. The summed E-state index contributed by atoms with van der Waals surface area (Å²) in [4.78, 5) is 22.5. The Morgan fingerprint density at radius 3 is 2.37 bits per heavy atom. The summed E-state index contributed by atoms with van der Waals surface area (Å²) in [5.74, 6) is 0.305. The SMILES string of the molecule is COc1ccc(NC(=O)CC(C)=O)cc1[N+](C)(C)C. The predicted molar refractivity (Wildman–Crippen MR) is 76.5 cm³/mol. The second kappa shape index (κ2) is 5.84. The zero-order valence-corrected chi connectivity index (χ0v) is 12.1. The Kier molecular flexibility index (Phi) is 4.67. The smallest absolute Gasteiger partial charge is 0.231 e. The van der Waals surface area contributed by atoms with E-state index in [1.165, 1.54) is 6.92 Å². The molecule has 1 aromatic carbocycles. The number of benzene rings is 1. The number of ether oxygens (including phenoxy) is 1. The van der Waals surface area contributed by atoms with Gasteiger partial charge in [0.1, 0.15) is 5.78 Å². The summed E-state index contributed by atoms with van der Waals surface area (Å²) in [6.07, 6.45) is -0.105. The molecule has 1 aromatic rings. The Morgan fingerprint density at radius 2 is 1.89 bits per heavy atom.